The summed E-state index contributed by atoms with van der Waals surface area (Å²) in [6, 6.07) is 9.31. The van der Waals surface area contributed by atoms with Crippen LogP contribution in [0.3, 0.4) is 0 Å². The molecular formula is C18H19Cl2FN2O2S. The van der Waals surface area contributed by atoms with Gasteiger partial charge in [0, 0.05) is 36.3 Å². The van der Waals surface area contributed by atoms with Gasteiger partial charge in [0.2, 0.25) is 10.0 Å². The molecule has 2 aromatic rings. The Hall–Kier alpha value is -1.18. The molecule has 0 aromatic heterocycles. The topological polar surface area (TPSA) is 49.4 Å². The molecule has 0 radical (unpaired) electrons. The molecular weight excluding hydrogens is 398 g/mol. The van der Waals surface area contributed by atoms with Crippen molar-refractivity contribution in [3.8, 4) is 0 Å². The average molecular weight is 417 g/mol. The first kappa shape index (κ1) is 19.6. The number of nitrogens with one attached hydrogen (secondary N) is 1. The number of sulfonamides is 1. The van der Waals surface area contributed by atoms with Gasteiger partial charge < -0.3 is 0 Å². The van der Waals surface area contributed by atoms with Gasteiger partial charge >= 0.3 is 0 Å². The van der Waals surface area contributed by atoms with E-state index in [0.717, 1.165) is 0 Å². The van der Waals surface area contributed by atoms with Gasteiger partial charge in [-0.1, -0.05) is 41.4 Å². The van der Waals surface area contributed by atoms with E-state index < -0.39 is 10.0 Å². The van der Waals surface area contributed by atoms with Gasteiger partial charge in [-0.25, -0.2) is 17.5 Å². The SMILES string of the molecule is Cc1cccc(Cl)c1S(=O)(=O)NC1CCN(Cc2c(F)cccc2Cl)C1. The number of rotatable bonds is 5. The molecule has 3 rings (SSSR count). The summed E-state index contributed by atoms with van der Waals surface area (Å²) in [5, 5.41) is 0.575. The van der Waals surface area contributed by atoms with Gasteiger partial charge in [0.25, 0.3) is 0 Å². The number of likely N-dealkylation sites (tertiary alicyclic amines) is 1. The van der Waals surface area contributed by atoms with Crippen molar-refractivity contribution in [3.63, 3.8) is 0 Å². The maximum Gasteiger partial charge on any atom is 0.242 e. The molecule has 1 N–H and O–H groups in total. The summed E-state index contributed by atoms with van der Waals surface area (Å²) in [5.41, 5.74) is 1.03. The molecule has 1 aliphatic heterocycles. The quantitative estimate of drug-likeness (QED) is 0.801. The molecule has 1 saturated heterocycles. The van der Waals surface area contributed by atoms with Crippen molar-refractivity contribution in [2.45, 2.75) is 30.8 Å². The molecule has 1 heterocycles. The van der Waals surface area contributed by atoms with E-state index >= 15 is 0 Å². The van der Waals surface area contributed by atoms with Crippen molar-refractivity contribution in [1.29, 1.82) is 0 Å². The van der Waals surface area contributed by atoms with Crippen LogP contribution < -0.4 is 4.72 Å². The van der Waals surface area contributed by atoms with Crippen LogP contribution in [0.25, 0.3) is 0 Å². The highest BCUT2D eigenvalue weighted by Crippen LogP contribution is 2.26. The van der Waals surface area contributed by atoms with Crippen LogP contribution in [-0.4, -0.2) is 32.4 Å². The van der Waals surface area contributed by atoms with Gasteiger partial charge in [-0.05, 0) is 37.1 Å². The maximum absolute atomic E-state index is 13.9. The minimum atomic E-state index is -3.73. The second kappa shape index (κ2) is 7.82. The number of hydrogen-bond donors (Lipinski definition) is 1. The Morgan fingerprint density at radius 1 is 1.19 bits per heavy atom. The number of benzene rings is 2. The van der Waals surface area contributed by atoms with Crippen molar-refractivity contribution in [1.82, 2.24) is 9.62 Å². The standard InChI is InChI=1S/C18H19Cl2FN2O2S/c1-12-4-2-6-16(20)18(12)26(24,25)22-13-8-9-23(10-13)11-14-15(19)5-3-7-17(14)21/h2-7,13,22H,8-11H2,1H3. The zero-order valence-corrected chi connectivity index (χ0v) is 16.5. The Bertz CT molecular complexity index is 881. The second-order valence-corrected chi connectivity index (χ2v) is 8.89. The van der Waals surface area contributed by atoms with E-state index in [0.29, 0.717) is 42.2 Å². The highest BCUT2D eigenvalue weighted by molar-refractivity contribution is 7.89. The van der Waals surface area contributed by atoms with E-state index in [1.165, 1.54) is 6.07 Å². The van der Waals surface area contributed by atoms with Crippen molar-refractivity contribution in [2.75, 3.05) is 13.1 Å². The normalized spacial score (nSPS) is 18.4. The van der Waals surface area contributed by atoms with E-state index in [-0.39, 0.29) is 21.8 Å². The summed E-state index contributed by atoms with van der Waals surface area (Å²) >= 11 is 12.2. The molecule has 2 aromatic carbocycles. The van der Waals surface area contributed by atoms with Crippen LogP contribution in [0.2, 0.25) is 10.0 Å². The molecule has 1 fully saturated rings. The molecule has 0 aliphatic carbocycles. The van der Waals surface area contributed by atoms with E-state index in [1.54, 1.807) is 37.3 Å². The lowest BCUT2D eigenvalue weighted by Gasteiger charge is -2.18. The van der Waals surface area contributed by atoms with Crippen LogP contribution in [0.5, 0.6) is 0 Å². The number of aryl methyl sites for hydroxylation is 1. The summed E-state index contributed by atoms with van der Waals surface area (Å²) in [6.07, 6.45) is 0.634. The molecule has 0 saturated carbocycles. The van der Waals surface area contributed by atoms with Crippen LogP contribution in [0.15, 0.2) is 41.3 Å². The lowest BCUT2D eigenvalue weighted by molar-refractivity contribution is 0.319. The third-order valence-corrected chi connectivity index (χ3v) is 6.97. The van der Waals surface area contributed by atoms with Crippen LogP contribution in [0.4, 0.5) is 4.39 Å². The first-order valence-electron chi connectivity index (χ1n) is 8.20. The Morgan fingerprint density at radius 2 is 1.88 bits per heavy atom. The fraction of sp³-hybridized carbons (Fsp3) is 0.333. The van der Waals surface area contributed by atoms with Gasteiger partial charge in [-0.3, -0.25) is 4.90 Å². The van der Waals surface area contributed by atoms with Gasteiger partial charge in [-0.2, -0.15) is 0 Å². The lowest BCUT2D eigenvalue weighted by atomic mass is 10.2. The minimum Gasteiger partial charge on any atom is -0.297 e. The fourth-order valence-corrected chi connectivity index (χ4v) is 5.53. The summed E-state index contributed by atoms with van der Waals surface area (Å²) < 4.78 is 42.1. The first-order valence-corrected chi connectivity index (χ1v) is 10.4. The Morgan fingerprint density at radius 3 is 2.58 bits per heavy atom. The summed E-state index contributed by atoms with van der Waals surface area (Å²) in [5.74, 6) is -0.353. The molecule has 1 unspecified atom stereocenters. The van der Waals surface area contributed by atoms with Crippen LogP contribution in [0, 0.1) is 12.7 Å². The van der Waals surface area contributed by atoms with Gasteiger partial charge in [0.05, 0.1) is 5.02 Å². The van der Waals surface area contributed by atoms with Crippen LogP contribution in [0.1, 0.15) is 17.5 Å². The molecule has 140 valence electrons. The lowest BCUT2D eigenvalue weighted by Crippen LogP contribution is -2.37. The van der Waals surface area contributed by atoms with Crippen molar-refractivity contribution in [2.24, 2.45) is 0 Å². The Labute approximate surface area is 163 Å². The number of hydrogen-bond acceptors (Lipinski definition) is 3. The van der Waals surface area contributed by atoms with E-state index in [4.69, 9.17) is 23.2 Å². The van der Waals surface area contributed by atoms with E-state index in [1.807, 2.05) is 4.90 Å². The van der Waals surface area contributed by atoms with E-state index in [9.17, 15) is 12.8 Å². The molecule has 0 bridgehead atoms. The number of nitrogens with zero attached hydrogens (tertiary/aromatic N) is 1. The predicted octanol–water partition coefficient (Wildman–Crippen LogP) is 3.99. The van der Waals surface area contributed by atoms with Crippen LogP contribution >= 0.6 is 23.2 Å². The van der Waals surface area contributed by atoms with Crippen molar-refractivity contribution >= 4 is 33.2 Å². The molecule has 26 heavy (non-hydrogen) atoms. The minimum absolute atomic E-state index is 0.109. The second-order valence-electron chi connectivity index (χ2n) is 6.43. The zero-order chi connectivity index (χ0) is 18.9. The van der Waals surface area contributed by atoms with Crippen molar-refractivity contribution < 1.29 is 12.8 Å². The smallest absolute Gasteiger partial charge is 0.242 e. The summed E-state index contributed by atoms with van der Waals surface area (Å²) in [7, 11) is -3.73. The summed E-state index contributed by atoms with van der Waals surface area (Å²) in [6.45, 7) is 3.18. The van der Waals surface area contributed by atoms with Crippen molar-refractivity contribution in [3.05, 3.63) is 63.4 Å². The average Bonchev–Trinajstić information content (AvgIpc) is 2.97. The highest BCUT2D eigenvalue weighted by Gasteiger charge is 2.29. The third kappa shape index (κ3) is 4.21. The molecule has 1 atom stereocenters. The molecule has 4 nitrogen and oxygen atoms in total. The third-order valence-electron chi connectivity index (χ3n) is 4.47. The Balaban J connectivity index is 1.70. The molecule has 1 aliphatic rings. The molecule has 0 spiro atoms. The highest BCUT2D eigenvalue weighted by atomic mass is 35.5. The first-order chi connectivity index (χ1) is 12.3. The van der Waals surface area contributed by atoms with Gasteiger partial charge in [0.15, 0.2) is 0 Å². The van der Waals surface area contributed by atoms with E-state index in [2.05, 4.69) is 4.72 Å². The fourth-order valence-electron chi connectivity index (χ4n) is 3.21. The molecule has 8 heteroatoms. The Kier molecular flexibility index (Phi) is 5.89. The zero-order valence-electron chi connectivity index (χ0n) is 14.2. The van der Waals surface area contributed by atoms with Gasteiger partial charge in [0.1, 0.15) is 10.7 Å². The predicted molar refractivity (Wildman–Crippen MR) is 102 cm³/mol. The maximum atomic E-state index is 13.9. The molecule has 0 amide bonds. The monoisotopic (exact) mass is 416 g/mol. The van der Waals surface area contributed by atoms with Crippen LogP contribution in [-0.2, 0) is 16.6 Å². The number of halogens is 3. The summed E-state index contributed by atoms with van der Waals surface area (Å²) in [4.78, 5) is 2.09. The van der Waals surface area contributed by atoms with Gasteiger partial charge in [-0.15, -0.1) is 0 Å². The largest absolute Gasteiger partial charge is 0.297 e.